The van der Waals surface area contributed by atoms with Gasteiger partial charge in [0.15, 0.2) is 0 Å². The smallest absolute Gasteiger partial charge is 0.231 e. The Kier molecular flexibility index (Phi) is 2.56. The topological polar surface area (TPSA) is 37.6 Å². The molecular formula is C16H12ClN3O. The van der Waals surface area contributed by atoms with Crippen molar-refractivity contribution in [3.05, 3.63) is 53.3 Å². The molecule has 0 N–H and O–H groups in total. The first-order valence-corrected chi connectivity index (χ1v) is 7.04. The van der Waals surface area contributed by atoms with E-state index in [2.05, 4.69) is 4.98 Å². The van der Waals surface area contributed by atoms with Crippen molar-refractivity contribution in [2.45, 2.75) is 6.42 Å². The molecule has 1 aromatic carbocycles. The minimum atomic E-state index is 0.129. The number of hydrogen-bond donors (Lipinski definition) is 0. The van der Waals surface area contributed by atoms with Crippen molar-refractivity contribution in [1.82, 2.24) is 9.38 Å². The van der Waals surface area contributed by atoms with Gasteiger partial charge in [-0.1, -0.05) is 17.7 Å². The number of carbonyl (C=O) groups is 1. The number of amides is 1. The average molecular weight is 298 g/mol. The molecule has 1 aliphatic rings. The summed E-state index contributed by atoms with van der Waals surface area (Å²) in [6.45, 7) is 0. The second-order valence-corrected chi connectivity index (χ2v) is 5.65. The molecular weight excluding hydrogens is 286 g/mol. The summed E-state index contributed by atoms with van der Waals surface area (Å²) in [4.78, 5) is 18.0. The minimum absolute atomic E-state index is 0.129. The highest BCUT2D eigenvalue weighted by atomic mass is 35.5. The van der Waals surface area contributed by atoms with Gasteiger partial charge in [0.05, 0.1) is 17.1 Å². The number of pyridine rings is 1. The lowest BCUT2D eigenvalue weighted by Crippen LogP contribution is -2.20. The van der Waals surface area contributed by atoms with E-state index in [9.17, 15) is 4.79 Å². The predicted octanol–water partition coefficient (Wildman–Crippen LogP) is 3.17. The Morgan fingerprint density at radius 2 is 2.05 bits per heavy atom. The second kappa shape index (κ2) is 4.33. The third-order valence-corrected chi connectivity index (χ3v) is 4.09. The first-order valence-electron chi connectivity index (χ1n) is 6.66. The Bertz CT molecular complexity index is 884. The molecule has 0 saturated carbocycles. The highest BCUT2D eigenvalue weighted by Crippen LogP contribution is 2.31. The molecule has 2 aromatic heterocycles. The second-order valence-electron chi connectivity index (χ2n) is 5.21. The molecule has 0 fully saturated rings. The number of fused-ring (bicyclic) bond motifs is 2. The Hall–Kier alpha value is -2.33. The number of rotatable bonds is 1. The van der Waals surface area contributed by atoms with Crippen molar-refractivity contribution < 1.29 is 4.79 Å². The Morgan fingerprint density at radius 3 is 2.90 bits per heavy atom. The van der Waals surface area contributed by atoms with Gasteiger partial charge >= 0.3 is 0 Å². The molecule has 4 rings (SSSR count). The van der Waals surface area contributed by atoms with Crippen molar-refractivity contribution in [3.8, 4) is 11.3 Å². The summed E-state index contributed by atoms with van der Waals surface area (Å²) in [5.41, 5.74) is 4.77. The number of nitrogens with zero attached hydrogens (tertiary/aromatic N) is 3. The van der Waals surface area contributed by atoms with Crippen LogP contribution in [-0.2, 0) is 11.2 Å². The fraction of sp³-hybridized carbons (Fsp3) is 0.125. The number of hydrogen-bond acceptors (Lipinski definition) is 2. The maximum absolute atomic E-state index is 11.7. The minimum Gasteiger partial charge on any atom is -0.315 e. The van der Waals surface area contributed by atoms with E-state index in [1.54, 1.807) is 11.9 Å². The van der Waals surface area contributed by atoms with Crippen LogP contribution >= 0.6 is 11.6 Å². The van der Waals surface area contributed by atoms with Gasteiger partial charge in [-0.25, -0.2) is 4.98 Å². The first kappa shape index (κ1) is 12.4. The van der Waals surface area contributed by atoms with E-state index in [4.69, 9.17) is 11.6 Å². The van der Waals surface area contributed by atoms with Crippen LogP contribution in [0.5, 0.6) is 0 Å². The molecule has 0 saturated heterocycles. The molecule has 0 spiro atoms. The van der Waals surface area contributed by atoms with Gasteiger partial charge in [0.2, 0.25) is 5.91 Å². The monoisotopic (exact) mass is 297 g/mol. The molecule has 3 aromatic rings. The highest BCUT2D eigenvalue weighted by Gasteiger charge is 2.24. The number of halogens is 1. The van der Waals surface area contributed by atoms with Crippen molar-refractivity contribution in [1.29, 1.82) is 0 Å². The van der Waals surface area contributed by atoms with E-state index in [0.29, 0.717) is 11.4 Å². The van der Waals surface area contributed by atoms with Crippen LogP contribution < -0.4 is 4.90 Å². The lowest BCUT2D eigenvalue weighted by Gasteiger charge is -2.09. The fourth-order valence-corrected chi connectivity index (χ4v) is 2.90. The summed E-state index contributed by atoms with van der Waals surface area (Å²) in [7, 11) is 1.81. The quantitative estimate of drug-likeness (QED) is 0.692. The zero-order chi connectivity index (χ0) is 14.6. The van der Waals surface area contributed by atoms with Crippen LogP contribution in [-0.4, -0.2) is 22.3 Å². The van der Waals surface area contributed by atoms with E-state index in [0.717, 1.165) is 28.2 Å². The van der Waals surface area contributed by atoms with E-state index in [1.807, 2.05) is 47.1 Å². The SMILES string of the molecule is CN1C(=O)Cc2cc(-c3cn4cc(Cl)ccc4n3)ccc21. The molecule has 0 unspecified atom stereocenters. The molecule has 1 amide bonds. The van der Waals surface area contributed by atoms with Gasteiger partial charge in [-0.3, -0.25) is 4.79 Å². The number of imidazole rings is 1. The van der Waals surface area contributed by atoms with Crippen LogP contribution in [0, 0.1) is 0 Å². The predicted molar refractivity (Wildman–Crippen MR) is 82.8 cm³/mol. The summed E-state index contributed by atoms with van der Waals surface area (Å²) < 4.78 is 1.90. The summed E-state index contributed by atoms with van der Waals surface area (Å²) >= 11 is 5.99. The Balaban J connectivity index is 1.82. The normalized spacial score (nSPS) is 14.0. The number of benzene rings is 1. The van der Waals surface area contributed by atoms with Crippen molar-refractivity contribution in [2.24, 2.45) is 0 Å². The Labute approximate surface area is 126 Å². The van der Waals surface area contributed by atoms with E-state index in [1.165, 1.54) is 0 Å². The van der Waals surface area contributed by atoms with Gasteiger partial charge in [-0.05, 0) is 29.8 Å². The van der Waals surface area contributed by atoms with Crippen LogP contribution in [0.1, 0.15) is 5.56 Å². The molecule has 0 bridgehead atoms. The highest BCUT2D eigenvalue weighted by molar-refractivity contribution is 6.30. The number of likely N-dealkylation sites (N-methyl/N-ethyl adjacent to an activating group) is 1. The van der Waals surface area contributed by atoms with E-state index in [-0.39, 0.29) is 5.91 Å². The van der Waals surface area contributed by atoms with Gasteiger partial charge in [0.25, 0.3) is 0 Å². The molecule has 104 valence electrons. The molecule has 1 aliphatic heterocycles. The number of aromatic nitrogens is 2. The molecule has 0 radical (unpaired) electrons. The molecule has 21 heavy (non-hydrogen) atoms. The third-order valence-electron chi connectivity index (χ3n) is 3.87. The van der Waals surface area contributed by atoms with Gasteiger partial charge in [-0.2, -0.15) is 0 Å². The summed E-state index contributed by atoms with van der Waals surface area (Å²) in [6, 6.07) is 9.73. The molecule has 0 aliphatic carbocycles. The first-order chi connectivity index (χ1) is 10.1. The van der Waals surface area contributed by atoms with Gasteiger partial charge < -0.3 is 9.30 Å². The van der Waals surface area contributed by atoms with Crippen LogP contribution in [0.4, 0.5) is 5.69 Å². The third kappa shape index (κ3) is 1.91. The van der Waals surface area contributed by atoms with Crippen molar-refractivity contribution in [3.63, 3.8) is 0 Å². The maximum atomic E-state index is 11.7. The van der Waals surface area contributed by atoms with Gasteiger partial charge in [0, 0.05) is 30.7 Å². The molecule has 5 heteroatoms. The average Bonchev–Trinajstić information content (AvgIpc) is 3.00. The summed E-state index contributed by atoms with van der Waals surface area (Å²) in [5, 5.41) is 0.674. The van der Waals surface area contributed by atoms with Gasteiger partial charge in [-0.15, -0.1) is 0 Å². The maximum Gasteiger partial charge on any atom is 0.231 e. The van der Waals surface area contributed by atoms with Crippen LogP contribution in [0.15, 0.2) is 42.7 Å². The Morgan fingerprint density at radius 1 is 1.19 bits per heavy atom. The largest absolute Gasteiger partial charge is 0.315 e. The van der Waals surface area contributed by atoms with Crippen LogP contribution in [0.3, 0.4) is 0 Å². The van der Waals surface area contributed by atoms with E-state index < -0.39 is 0 Å². The van der Waals surface area contributed by atoms with Gasteiger partial charge in [0.1, 0.15) is 5.65 Å². The summed E-state index contributed by atoms with van der Waals surface area (Å²) in [6.07, 6.45) is 4.24. The lowest BCUT2D eigenvalue weighted by molar-refractivity contribution is -0.117. The molecule has 3 heterocycles. The molecule has 4 nitrogen and oxygen atoms in total. The fourth-order valence-electron chi connectivity index (χ4n) is 2.73. The van der Waals surface area contributed by atoms with Crippen molar-refractivity contribution >= 4 is 28.8 Å². The number of anilines is 1. The molecule has 0 atom stereocenters. The van der Waals surface area contributed by atoms with Crippen LogP contribution in [0.2, 0.25) is 5.02 Å². The lowest BCUT2D eigenvalue weighted by atomic mass is 10.1. The van der Waals surface area contributed by atoms with Crippen LogP contribution in [0.25, 0.3) is 16.9 Å². The standard InChI is InChI=1S/C16H12ClN3O/c1-19-14-4-2-10(6-11(14)7-16(19)21)13-9-20-8-12(17)3-5-15(20)18-13/h2-6,8-9H,7H2,1H3. The van der Waals surface area contributed by atoms with E-state index >= 15 is 0 Å². The number of carbonyl (C=O) groups excluding carboxylic acids is 1. The zero-order valence-corrected chi connectivity index (χ0v) is 12.1. The summed E-state index contributed by atoms with van der Waals surface area (Å²) in [5.74, 6) is 0.129. The zero-order valence-electron chi connectivity index (χ0n) is 11.4. The van der Waals surface area contributed by atoms with Crippen molar-refractivity contribution in [2.75, 3.05) is 11.9 Å².